The van der Waals surface area contributed by atoms with E-state index in [0.717, 1.165) is 18.1 Å². The first-order valence-corrected chi connectivity index (χ1v) is 9.09. The number of hydrogen-bond donors (Lipinski definition) is 0. The van der Waals surface area contributed by atoms with Gasteiger partial charge in [0, 0.05) is 24.9 Å². The fraction of sp³-hybridized carbons (Fsp3) is 1.00. The van der Waals surface area contributed by atoms with E-state index in [1.165, 1.54) is 75.4 Å². The maximum Gasteiger partial charge on any atom is 0.0861 e. The Hall–Kier alpha value is 1.38. The Morgan fingerprint density at radius 2 is 1.68 bits per heavy atom. The summed E-state index contributed by atoms with van der Waals surface area (Å²) < 4.78 is 1.35. The van der Waals surface area contributed by atoms with Crippen molar-refractivity contribution in [2.75, 3.05) is 27.2 Å². The lowest BCUT2D eigenvalue weighted by molar-refractivity contribution is -0.919. The van der Waals surface area contributed by atoms with Crippen LogP contribution in [0.25, 0.3) is 0 Å². The van der Waals surface area contributed by atoms with E-state index in [1.54, 1.807) is 0 Å². The van der Waals surface area contributed by atoms with Gasteiger partial charge in [0.25, 0.3) is 0 Å². The van der Waals surface area contributed by atoms with Crippen LogP contribution in [0.5, 0.6) is 0 Å². The molecule has 0 radical (unpaired) electrons. The average Bonchev–Trinajstić information content (AvgIpc) is 2.91. The van der Waals surface area contributed by atoms with Gasteiger partial charge >= 0.3 is 0 Å². The van der Waals surface area contributed by atoms with E-state index in [1.807, 2.05) is 0 Å². The predicted molar refractivity (Wildman–Crippen MR) is 103 cm³/mol. The van der Waals surface area contributed by atoms with Gasteiger partial charge in [-0.2, -0.15) is 0 Å². The van der Waals surface area contributed by atoms with E-state index >= 15 is 0 Å². The number of rotatable bonds is 7. The molecule has 4 unspecified atom stereocenters. The highest BCUT2D eigenvalue weighted by Crippen LogP contribution is 2.27. The number of quaternary nitrogens is 1. The van der Waals surface area contributed by atoms with E-state index in [9.17, 15) is 0 Å². The Kier molecular flexibility index (Phi) is 11.8. The molecule has 2 fully saturated rings. The quantitative estimate of drug-likeness (QED) is 0.272. The minimum Gasteiger partial charge on any atom is -1.00 e. The summed E-state index contributed by atoms with van der Waals surface area (Å²) in [6.45, 7) is 7.67. The van der Waals surface area contributed by atoms with Gasteiger partial charge in [-0.3, -0.25) is 0 Å². The maximum atomic E-state index is 2.61. The highest BCUT2D eigenvalue weighted by molar-refractivity contribution is 14.0. The van der Waals surface area contributed by atoms with Crippen molar-refractivity contribution in [1.29, 1.82) is 0 Å². The molecule has 0 spiro atoms. The minimum absolute atomic E-state index is 0. The highest BCUT2D eigenvalue weighted by Gasteiger charge is 2.33. The van der Waals surface area contributed by atoms with Gasteiger partial charge in [-0.05, 0) is 53.0 Å². The van der Waals surface area contributed by atoms with E-state index in [2.05, 4.69) is 32.8 Å². The molecule has 0 saturated carbocycles. The minimum atomic E-state index is 0. The van der Waals surface area contributed by atoms with Crippen LogP contribution in [0, 0.1) is 0 Å². The molecule has 134 valence electrons. The molecule has 2 aliphatic heterocycles. The van der Waals surface area contributed by atoms with Crippen LogP contribution in [0.4, 0.5) is 0 Å². The summed E-state index contributed by atoms with van der Waals surface area (Å²) in [5, 5.41) is 0. The molecular formula is C18H38I2N2. The summed E-state index contributed by atoms with van der Waals surface area (Å²) in [6, 6.07) is 2.61. The Morgan fingerprint density at radius 1 is 1.00 bits per heavy atom. The third-order valence-electron chi connectivity index (χ3n) is 6.50. The lowest BCUT2D eigenvalue weighted by Crippen LogP contribution is -3.00. The van der Waals surface area contributed by atoms with Gasteiger partial charge in [0.15, 0.2) is 0 Å². The third kappa shape index (κ3) is 6.36. The number of halogens is 2. The molecule has 22 heavy (non-hydrogen) atoms. The zero-order chi connectivity index (χ0) is 14.6. The zero-order valence-corrected chi connectivity index (χ0v) is 19.7. The Morgan fingerprint density at radius 3 is 2.23 bits per heavy atom. The van der Waals surface area contributed by atoms with Gasteiger partial charge in [0.2, 0.25) is 0 Å². The average molecular weight is 536 g/mol. The van der Waals surface area contributed by atoms with Gasteiger partial charge in [-0.1, -0.05) is 12.8 Å². The fourth-order valence-electron chi connectivity index (χ4n) is 4.37. The van der Waals surface area contributed by atoms with Gasteiger partial charge in [0.05, 0.1) is 26.2 Å². The first-order valence-electron chi connectivity index (χ1n) is 9.09. The summed E-state index contributed by atoms with van der Waals surface area (Å²) in [6.07, 6.45) is 13.0. The van der Waals surface area contributed by atoms with Crippen LogP contribution < -0.4 is 24.0 Å². The Bertz CT molecular complexity index is 301. The lowest BCUT2D eigenvalue weighted by atomic mass is 10.0. The van der Waals surface area contributed by atoms with Crippen molar-refractivity contribution in [1.82, 2.24) is 4.90 Å². The topological polar surface area (TPSA) is 3.24 Å². The summed E-state index contributed by atoms with van der Waals surface area (Å²) in [5.74, 6) is 0. The van der Waals surface area contributed by atoms with Crippen molar-refractivity contribution in [2.45, 2.75) is 89.8 Å². The molecule has 2 heterocycles. The van der Waals surface area contributed by atoms with E-state index in [-0.39, 0.29) is 48.0 Å². The molecule has 2 saturated heterocycles. The van der Waals surface area contributed by atoms with E-state index < -0.39 is 0 Å². The predicted octanol–water partition coefficient (Wildman–Crippen LogP) is 1.67. The normalized spacial score (nSPS) is 35.2. The molecule has 2 aliphatic rings. The molecular weight excluding hydrogens is 498 g/mol. The first kappa shape index (κ1) is 23.4. The number of nitrogens with zero attached hydrogens (tertiary/aromatic N) is 2. The van der Waals surface area contributed by atoms with Crippen molar-refractivity contribution < 1.29 is 28.5 Å². The van der Waals surface area contributed by atoms with Gasteiger partial charge in [-0.25, -0.2) is 0 Å². The van der Waals surface area contributed by atoms with Crippen LogP contribution >= 0.6 is 24.0 Å². The SMILES string of the molecule is CC1CCC(CCCCCC[N+]2(C)CCCC2C)N1C.I.[I-]. The summed E-state index contributed by atoms with van der Waals surface area (Å²) in [5.41, 5.74) is 0. The molecule has 0 amide bonds. The monoisotopic (exact) mass is 536 g/mol. The molecule has 4 atom stereocenters. The van der Waals surface area contributed by atoms with Gasteiger partial charge in [0.1, 0.15) is 0 Å². The summed E-state index contributed by atoms with van der Waals surface area (Å²) >= 11 is 0. The zero-order valence-electron chi connectivity index (χ0n) is 15.2. The number of hydrogen-bond acceptors (Lipinski definition) is 1. The largest absolute Gasteiger partial charge is 1.00 e. The van der Waals surface area contributed by atoms with E-state index in [0.29, 0.717) is 0 Å². The van der Waals surface area contributed by atoms with Crippen molar-refractivity contribution >= 4 is 24.0 Å². The number of likely N-dealkylation sites (tertiary alicyclic amines) is 2. The molecule has 0 aliphatic carbocycles. The standard InChI is InChI=1S/C18H37N2.2HI/c1-16-12-13-18(19(16)3)11-7-5-6-8-14-20(4)15-9-10-17(20)2;;/h16-18H,5-15H2,1-4H3;2*1H/q+1;;/p-1. The van der Waals surface area contributed by atoms with Gasteiger partial charge in [-0.15, -0.1) is 24.0 Å². The summed E-state index contributed by atoms with van der Waals surface area (Å²) in [4.78, 5) is 2.61. The van der Waals surface area contributed by atoms with Crippen molar-refractivity contribution in [3.05, 3.63) is 0 Å². The van der Waals surface area contributed by atoms with Crippen molar-refractivity contribution in [3.8, 4) is 0 Å². The molecule has 0 aromatic carbocycles. The number of unbranched alkanes of at least 4 members (excludes halogenated alkanes) is 3. The first-order chi connectivity index (χ1) is 9.53. The maximum absolute atomic E-state index is 2.61. The summed E-state index contributed by atoms with van der Waals surface area (Å²) in [7, 11) is 4.80. The van der Waals surface area contributed by atoms with Crippen LogP contribution in [0.15, 0.2) is 0 Å². The fourth-order valence-corrected chi connectivity index (χ4v) is 4.37. The molecule has 0 aromatic heterocycles. The second-order valence-electron chi connectivity index (χ2n) is 7.87. The van der Waals surface area contributed by atoms with Gasteiger partial charge < -0.3 is 33.4 Å². The molecule has 0 N–H and O–H groups in total. The smallest absolute Gasteiger partial charge is 0.0861 e. The van der Waals surface area contributed by atoms with E-state index in [4.69, 9.17) is 0 Å². The van der Waals surface area contributed by atoms with Crippen LogP contribution in [-0.2, 0) is 0 Å². The van der Waals surface area contributed by atoms with Crippen LogP contribution in [0.2, 0.25) is 0 Å². The molecule has 2 rings (SSSR count). The molecule has 0 aromatic rings. The molecule has 0 bridgehead atoms. The highest BCUT2D eigenvalue weighted by atomic mass is 127. The lowest BCUT2D eigenvalue weighted by Gasteiger charge is -2.34. The van der Waals surface area contributed by atoms with Crippen LogP contribution in [0.1, 0.15) is 71.6 Å². The van der Waals surface area contributed by atoms with Crippen LogP contribution in [0.3, 0.4) is 0 Å². The molecule has 4 heteroatoms. The second kappa shape index (κ2) is 11.1. The molecule has 2 nitrogen and oxygen atoms in total. The Balaban J connectivity index is 0.00000220. The third-order valence-corrected chi connectivity index (χ3v) is 6.50. The second-order valence-corrected chi connectivity index (χ2v) is 7.87. The van der Waals surface area contributed by atoms with Crippen molar-refractivity contribution in [3.63, 3.8) is 0 Å². The van der Waals surface area contributed by atoms with Crippen LogP contribution in [-0.4, -0.2) is 54.7 Å². The Labute approximate surface area is 173 Å². The van der Waals surface area contributed by atoms with Crippen molar-refractivity contribution in [2.24, 2.45) is 0 Å².